The van der Waals surface area contributed by atoms with Crippen molar-refractivity contribution in [2.45, 2.75) is 32.5 Å². The predicted molar refractivity (Wildman–Crippen MR) is 84.3 cm³/mol. The van der Waals surface area contributed by atoms with E-state index in [4.69, 9.17) is 16.3 Å². The Labute approximate surface area is 143 Å². The normalized spacial score (nSPS) is 16.3. The van der Waals surface area contributed by atoms with Gasteiger partial charge in [0, 0.05) is 32.4 Å². The van der Waals surface area contributed by atoms with Crippen molar-refractivity contribution < 1.29 is 22.7 Å². The van der Waals surface area contributed by atoms with E-state index >= 15 is 0 Å². The van der Waals surface area contributed by atoms with Crippen LogP contribution in [0.3, 0.4) is 0 Å². The van der Waals surface area contributed by atoms with Gasteiger partial charge in [0.2, 0.25) is 0 Å². The summed E-state index contributed by atoms with van der Waals surface area (Å²) < 4.78 is 43.2. The molecule has 0 saturated carbocycles. The summed E-state index contributed by atoms with van der Waals surface area (Å²) in [6, 6.07) is 0.865. The summed E-state index contributed by atoms with van der Waals surface area (Å²) >= 11 is 5.95. The molecule has 0 aromatic carbocycles. The lowest BCUT2D eigenvalue weighted by Crippen LogP contribution is -2.50. The maximum absolute atomic E-state index is 12.6. The molecule has 0 spiro atoms. The molecule has 0 aliphatic carbocycles. The molecule has 1 fully saturated rings. The molecule has 0 bridgehead atoms. The van der Waals surface area contributed by atoms with Gasteiger partial charge in [0.15, 0.2) is 0 Å². The lowest BCUT2D eigenvalue weighted by molar-refractivity contribution is -0.137. The van der Waals surface area contributed by atoms with Crippen LogP contribution in [0.15, 0.2) is 12.3 Å². The van der Waals surface area contributed by atoms with Gasteiger partial charge in [0.1, 0.15) is 11.4 Å². The van der Waals surface area contributed by atoms with Crippen LogP contribution in [0.5, 0.6) is 0 Å². The van der Waals surface area contributed by atoms with Crippen molar-refractivity contribution >= 4 is 23.5 Å². The first kappa shape index (κ1) is 18.6. The van der Waals surface area contributed by atoms with Gasteiger partial charge in [-0.05, 0) is 26.8 Å². The van der Waals surface area contributed by atoms with Crippen molar-refractivity contribution in [2.24, 2.45) is 0 Å². The SMILES string of the molecule is CC(C)(C)OC(=O)N1CCN(c2ncc(C(F)(F)F)cc2Cl)CC1. The van der Waals surface area contributed by atoms with E-state index in [1.54, 1.807) is 30.6 Å². The number of amides is 1. The fourth-order valence-electron chi connectivity index (χ4n) is 2.25. The lowest BCUT2D eigenvalue weighted by atomic mass is 10.2. The summed E-state index contributed by atoms with van der Waals surface area (Å²) in [5.41, 5.74) is -1.46. The number of ether oxygens (including phenoxy) is 1. The zero-order chi connectivity index (χ0) is 18.1. The number of aromatic nitrogens is 1. The van der Waals surface area contributed by atoms with Crippen LogP contribution in [0.2, 0.25) is 5.02 Å². The van der Waals surface area contributed by atoms with Gasteiger partial charge in [-0.3, -0.25) is 0 Å². The fourth-order valence-corrected chi connectivity index (χ4v) is 2.53. The Morgan fingerprint density at radius 3 is 2.25 bits per heavy atom. The van der Waals surface area contributed by atoms with E-state index in [-0.39, 0.29) is 10.8 Å². The number of halogens is 4. The highest BCUT2D eigenvalue weighted by molar-refractivity contribution is 6.33. The van der Waals surface area contributed by atoms with Gasteiger partial charge < -0.3 is 14.5 Å². The standard InChI is InChI=1S/C15H19ClF3N3O2/c1-14(2,3)24-13(23)22-6-4-21(5-7-22)12-11(16)8-10(9-20-12)15(17,18)19/h8-9H,4-7H2,1-3H3. The van der Waals surface area contributed by atoms with Crippen LogP contribution in [0.4, 0.5) is 23.8 Å². The maximum Gasteiger partial charge on any atom is 0.417 e. The topological polar surface area (TPSA) is 45.7 Å². The summed E-state index contributed by atoms with van der Waals surface area (Å²) in [5, 5.41) is -0.0597. The Balaban J connectivity index is 2.01. The molecule has 0 N–H and O–H groups in total. The number of carbonyl (C=O) groups excluding carboxylic acids is 1. The first-order valence-electron chi connectivity index (χ1n) is 7.43. The lowest BCUT2D eigenvalue weighted by Gasteiger charge is -2.36. The number of rotatable bonds is 1. The van der Waals surface area contributed by atoms with E-state index in [9.17, 15) is 18.0 Å². The minimum atomic E-state index is -4.48. The highest BCUT2D eigenvalue weighted by Crippen LogP contribution is 2.33. The van der Waals surface area contributed by atoms with E-state index in [2.05, 4.69) is 4.98 Å². The van der Waals surface area contributed by atoms with Gasteiger partial charge in [-0.2, -0.15) is 13.2 Å². The summed E-state index contributed by atoms with van der Waals surface area (Å²) in [6.07, 6.45) is -4.12. The molecule has 24 heavy (non-hydrogen) atoms. The summed E-state index contributed by atoms with van der Waals surface area (Å²) in [7, 11) is 0. The van der Waals surface area contributed by atoms with Gasteiger partial charge >= 0.3 is 12.3 Å². The van der Waals surface area contributed by atoms with Crippen molar-refractivity contribution in [2.75, 3.05) is 31.1 Å². The third kappa shape index (κ3) is 4.66. The second kappa shape index (κ2) is 6.66. The first-order chi connectivity index (χ1) is 11.0. The molecular formula is C15H19ClF3N3O2. The summed E-state index contributed by atoms with van der Waals surface area (Å²) in [5.74, 6) is 0.286. The Bertz CT molecular complexity index is 609. The number of nitrogens with zero attached hydrogens (tertiary/aromatic N) is 3. The molecule has 1 aliphatic rings. The minimum Gasteiger partial charge on any atom is -0.444 e. The molecule has 9 heteroatoms. The average Bonchev–Trinajstić information content (AvgIpc) is 2.44. The quantitative estimate of drug-likeness (QED) is 0.759. The number of pyridine rings is 1. The highest BCUT2D eigenvalue weighted by Gasteiger charge is 2.33. The van der Waals surface area contributed by atoms with Crippen LogP contribution in [0.25, 0.3) is 0 Å². The highest BCUT2D eigenvalue weighted by atomic mass is 35.5. The molecule has 2 heterocycles. The molecule has 0 radical (unpaired) electrons. The van der Waals surface area contributed by atoms with Crippen LogP contribution in [-0.4, -0.2) is 47.8 Å². The molecule has 1 saturated heterocycles. The van der Waals surface area contributed by atoms with Gasteiger partial charge in [-0.25, -0.2) is 9.78 Å². The third-order valence-corrected chi connectivity index (χ3v) is 3.66. The van der Waals surface area contributed by atoms with Crippen LogP contribution in [0, 0.1) is 0 Å². The van der Waals surface area contributed by atoms with E-state index < -0.39 is 23.4 Å². The van der Waals surface area contributed by atoms with Gasteiger partial charge in [-0.15, -0.1) is 0 Å². The zero-order valence-corrected chi connectivity index (χ0v) is 14.4. The van der Waals surface area contributed by atoms with E-state index in [1.807, 2.05) is 0 Å². The second-order valence-electron chi connectivity index (χ2n) is 6.48. The first-order valence-corrected chi connectivity index (χ1v) is 7.81. The van der Waals surface area contributed by atoms with Gasteiger partial charge in [0.05, 0.1) is 10.6 Å². The third-order valence-electron chi connectivity index (χ3n) is 3.38. The second-order valence-corrected chi connectivity index (χ2v) is 6.89. The monoisotopic (exact) mass is 365 g/mol. The van der Waals surface area contributed by atoms with E-state index in [0.29, 0.717) is 26.2 Å². The molecule has 134 valence electrons. The molecule has 5 nitrogen and oxygen atoms in total. The van der Waals surface area contributed by atoms with Gasteiger partial charge in [-0.1, -0.05) is 11.6 Å². The molecule has 0 unspecified atom stereocenters. The van der Waals surface area contributed by atoms with Crippen molar-refractivity contribution in [3.8, 4) is 0 Å². The number of hydrogen-bond acceptors (Lipinski definition) is 4. The van der Waals surface area contributed by atoms with Crippen LogP contribution in [-0.2, 0) is 10.9 Å². The number of alkyl halides is 3. The Hall–Kier alpha value is -1.70. The Morgan fingerprint density at radius 1 is 1.21 bits per heavy atom. The minimum absolute atomic E-state index is 0.0597. The molecule has 1 aromatic heterocycles. The summed E-state index contributed by atoms with van der Waals surface area (Å²) in [6.45, 7) is 6.95. The van der Waals surface area contributed by atoms with Crippen LogP contribution >= 0.6 is 11.6 Å². The molecular weight excluding hydrogens is 347 g/mol. The van der Waals surface area contributed by atoms with Gasteiger partial charge in [0.25, 0.3) is 0 Å². The smallest absolute Gasteiger partial charge is 0.417 e. The molecule has 1 aromatic rings. The summed E-state index contributed by atoms with van der Waals surface area (Å²) in [4.78, 5) is 19.1. The van der Waals surface area contributed by atoms with Crippen molar-refractivity contribution in [3.63, 3.8) is 0 Å². The Kier molecular flexibility index (Phi) is 5.17. The Morgan fingerprint density at radius 2 is 1.79 bits per heavy atom. The van der Waals surface area contributed by atoms with Crippen molar-refractivity contribution in [3.05, 3.63) is 22.8 Å². The van der Waals surface area contributed by atoms with Crippen LogP contribution in [0.1, 0.15) is 26.3 Å². The predicted octanol–water partition coefficient (Wildman–Crippen LogP) is 3.81. The number of anilines is 1. The van der Waals surface area contributed by atoms with E-state index in [1.165, 1.54) is 0 Å². The average molecular weight is 366 g/mol. The number of piperazine rings is 1. The maximum atomic E-state index is 12.6. The zero-order valence-electron chi connectivity index (χ0n) is 13.7. The van der Waals surface area contributed by atoms with Crippen molar-refractivity contribution in [1.29, 1.82) is 0 Å². The molecule has 1 amide bonds. The molecule has 2 rings (SSSR count). The van der Waals surface area contributed by atoms with Crippen LogP contribution < -0.4 is 4.90 Å². The largest absolute Gasteiger partial charge is 0.444 e. The molecule has 0 atom stereocenters. The number of hydrogen-bond donors (Lipinski definition) is 0. The van der Waals surface area contributed by atoms with Crippen molar-refractivity contribution in [1.82, 2.24) is 9.88 Å². The fraction of sp³-hybridized carbons (Fsp3) is 0.600. The molecule has 1 aliphatic heterocycles. The van der Waals surface area contributed by atoms with E-state index in [0.717, 1.165) is 12.3 Å². The number of carbonyl (C=O) groups is 1.